The fourth-order valence-corrected chi connectivity index (χ4v) is 7.37. The summed E-state index contributed by atoms with van der Waals surface area (Å²) >= 11 is 6.93. The molecule has 12 heteroatoms. The summed E-state index contributed by atoms with van der Waals surface area (Å²) in [4.78, 5) is 32.4. The number of halogens is 2. The lowest BCUT2D eigenvalue weighted by Gasteiger charge is -2.25. The predicted molar refractivity (Wildman–Crippen MR) is 182 cm³/mol. The van der Waals surface area contributed by atoms with Crippen LogP contribution >= 0.6 is 49.9 Å². The second-order valence-corrected chi connectivity index (χ2v) is 12.8. The summed E-state index contributed by atoms with van der Waals surface area (Å²) in [6.45, 7) is 3.86. The Kier molecular flexibility index (Phi) is 10.1. The molecule has 1 unspecified atom stereocenters. The molecule has 0 radical (unpaired) electrons. The fourth-order valence-electron chi connectivity index (χ4n) is 4.98. The third-order valence-corrected chi connectivity index (χ3v) is 9.47. The van der Waals surface area contributed by atoms with E-state index in [-0.39, 0.29) is 18.8 Å². The van der Waals surface area contributed by atoms with Gasteiger partial charge in [-0.2, -0.15) is 5.26 Å². The minimum atomic E-state index is -0.758. The van der Waals surface area contributed by atoms with Crippen LogP contribution in [0.15, 0.2) is 80.1 Å². The first-order valence-electron chi connectivity index (χ1n) is 13.7. The third-order valence-electron chi connectivity index (χ3n) is 7.07. The van der Waals surface area contributed by atoms with Crippen LogP contribution in [0.1, 0.15) is 42.1 Å². The number of hydrogen-bond acceptors (Lipinski definition) is 9. The number of thiazole rings is 1. The minimum Gasteiger partial charge on any atom is -0.496 e. The zero-order valence-electron chi connectivity index (χ0n) is 24.7. The molecule has 1 atom stereocenters. The number of rotatable bonds is 9. The van der Waals surface area contributed by atoms with Gasteiger partial charge >= 0.3 is 5.97 Å². The Bertz CT molecular complexity index is 2060. The van der Waals surface area contributed by atoms with Gasteiger partial charge in [0.25, 0.3) is 5.56 Å². The average Bonchev–Trinajstić information content (AvgIpc) is 3.33. The highest BCUT2D eigenvalue weighted by atomic mass is 127. The van der Waals surface area contributed by atoms with E-state index >= 15 is 0 Å². The van der Waals surface area contributed by atoms with Gasteiger partial charge in [-0.1, -0.05) is 35.6 Å². The number of allylic oxidation sites excluding steroid dienone is 1. The number of carbonyl (C=O) groups excluding carboxylic acids is 1. The van der Waals surface area contributed by atoms with E-state index in [9.17, 15) is 14.9 Å². The number of aromatic nitrogens is 1. The maximum atomic E-state index is 14.1. The molecular weight excluding hydrogens is 773 g/mol. The van der Waals surface area contributed by atoms with E-state index in [0.717, 1.165) is 14.7 Å². The molecule has 0 saturated heterocycles. The average molecular weight is 800 g/mol. The second kappa shape index (κ2) is 14.0. The molecule has 1 aliphatic rings. The largest absolute Gasteiger partial charge is 0.496 e. The van der Waals surface area contributed by atoms with Crippen LogP contribution < -0.4 is 29.1 Å². The number of fused-ring (bicyclic) bond motifs is 1. The van der Waals surface area contributed by atoms with Crippen molar-refractivity contribution in [3.05, 3.63) is 116 Å². The fraction of sp³-hybridized carbons (Fsp3) is 0.212. The van der Waals surface area contributed by atoms with Crippen molar-refractivity contribution in [2.45, 2.75) is 26.5 Å². The van der Waals surface area contributed by atoms with Crippen LogP contribution in [0.3, 0.4) is 0 Å². The maximum Gasteiger partial charge on any atom is 0.338 e. The number of nitrogens with zero attached hydrogens (tertiary/aromatic N) is 3. The van der Waals surface area contributed by atoms with Gasteiger partial charge in [-0.3, -0.25) is 9.36 Å². The summed E-state index contributed by atoms with van der Waals surface area (Å²) < 4.78 is 26.0. The van der Waals surface area contributed by atoms with E-state index < -0.39 is 12.0 Å². The standard InChI is InChI=1S/C33H27BrIN3O6S/c1-5-43-32(40)28-18(2)37-33-38(29(28)20-10-11-25(41-3)23(34)15-20)31(39)27(45-33)14-19-12-24(35)30(26(13-19)42-4)44-17-22-9-7-6-8-21(22)16-36/h6-15,29H,5,17H2,1-4H3. The molecule has 45 heavy (non-hydrogen) atoms. The van der Waals surface area contributed by atoms with Crippen LogP contribution in [0.4, 0.5) is 0 Å². The van der Waals surface area contributed by atoms with Crippen LogP contribution in [-0.4, -0.2) is 31.4 Å². The van der Waals surface area contributed by atoms with Crippen molar-refractivity contribution in [2.75, 3.05) is 20.8 Å². The molecule has 0 saturated carbocycles. The first-order valence-corrected chi connectivity index (χ1v) is 16.4. The SMILES string of the molecule is CCOC(=O)C1=C(C)N=c2sc(=Cc3cc(I)c(OCc4ccccc4C#N)c(OC)c3)c(=O)n2C1c1ccc(OC)c(Br)c1. The van der Waals surface area contributed by atoms with Crippen molar-refractivity contribution in [3.63, 3.8) is 0 Å². The molecule has 4 aromatic rings. The van der Waals surface area contributed by atoms with Gasteiger partial charge in [-0.05, 0) is 99.9 Å². The van der Waals surface area contributed by atoms with Gasteiger partial charge in [0.15, 0.2) is 16.3 Å². The zero-order valence-corrected chi connectivity index (χ0v) is 29.3. The summed E-state index contributed by atoms with van der Waals surface area (Å²) in [6.07, 6.45) is 1.77. The van der Waals surface area contributed by atoms with E-state index in [1.807, 2.05) is 36.4 Å². The monoisotopic (exact) mass is 799 g/mol. The number of ether oxygens (including phenoxy) is 4. The Labute approximate surface area is 285 Å². The minimum absolute atomic E-state index is 0.185. The first kappa shape index (κ1) is 32.5. The highest BCUT2D eigenvalue weighted by Crippen LogP contribution is 2.36. The molecule has 1 aliphatic heterocycles. The number of nitriles is 1. The Balaban J connectivity index is 1.59. The Morgan fingerprint density at radius 1 is 1.16 bits per heavy atom. The topological polar surface area (TPSA) is 112 Å². The molecule has 0 aliphatic carbocycles. The summed E-state index contributed by atoms with van der Waals surface area (Å²) in [6, 6.07) is 17.8. The molecular formula is C33H27BrIN3O6S. The molecule has 1 aromatic heterocycles. The van der Waals surface area contributed by atoms with Crippen LogP contribution in [0.2, 0.25) is 0 Å². The highest BCUT2D eigenvalue weighted by molar-refractivity contribution is 14.1. The number of benzene rings is 3. The zero-order chi connectivity index (χ0) is 32.2. The first-order chi connectivity index (χ1) is 21.7. The van der Waals surface area contributed by atoms with E-state index in [4.69, 9.17) is 18.9 Å². The number of hydrogen-bond donors (Lipinski definition) is 0. The van der Waals surface area contributed by atoms with E-state index in [1.54, 1.807) is 52.3 Å². The molecule has 5 rings (SSSR count). The molecule has 0 bridgehead atoms. The third kappa shape index (κ3) is 6.56. The molecule has 2 heterocycles. The van der Waals surface area contributed by atoms with Crippen LogP contribution in [0.25, 0.3) is 6.08 Å². The summed E-state index contributed by atoms with van der Waals surface area (Å²) in [5.74, 6) is 1.10. The molecule has 230 valence electrons. The van der Waals surface area contributed by atoms with Gasteiger partial charge in [0.1, 0.15) is 12.4 Å². The molecule has 3 aromatic carbocycles. The van der Waals surface area contributed by atoms with Gasteiger partial charge < -0.3 is 18.9 Å². The molecule has 0 N–H and O–H groups in total. The van der Waals surface area contributed by atoms with Crippen LogP contribution in [-0.2, 0) is 16.1 Å². The van der Waals surface area contributed by atoms with E-state index in [2.05, 4.69) is 49.6 Å². The lowest BCUT2D eigenvalue weighted by molar-refractivity contribution is -0.139. The number of methoxy groups -OCH3 is 2. The van der Waals surface area contributed by atoms with Crippen molar-refractivity contribution in [1.82, 2.24) is 4.57 Å². The maximum absolute atomic E-state index is 14.1. The second-order valence-electron chi connectivity index (χ2n) is 9.79. The lowest BCUT2D eigenvalue weighted by Crippen LogP contribution is -2.40. The summed E-state index contributed by atoms with van der Waals surface area (Å²) in [7, 11) is 3.12. The van der Waals surface area contributed by atoms with Gasteiger partial charge in [-0.15, -0.1) is 0 Å². The smallest absolute Gasteiger partial charge is 0.338 e. The Morgan fingerprint density at radius 3 is 2.60 bits per heavy atom. The molecule has 0 amide bonds. The van der Waals surface area contributed by atoms with Crippen molar-refractivity contribution in [3.8, 4) is 23.3 Å². The molecule has 0 spiro atoms. The normalized spacial score (nSPS) is 14.3. The van der Waals surface area contributed by atoms with Gasteiger partial charge in [-0.25, -0.2) is 9.79 Å². The van der Waals surface area contributed by atoms with Gasteiger partial charge in [0.2, 0.25) is 0 Å². The van der Waals surface area contributed by atoms with Crippen molar-refractivity contribution in [1.29, 1.82) is 5.26 Å². The summed E-state index contributed by atoms with van der Waals surface area (Å²) in [5.41, 5.74) is 3.20. The Hall–Kier alpha value is -3.93. The quantitative estimate of drug-likeness (QED) is 0.159. The number of carbonyl (C=O) groups is 1. The van der Waals surface area contributed by atoms with Crippen molar-refractivity contribution >= 4 is 61.9 Å². The number of esters is 1. The van der Waals surface area contributed by atoms with Crippen molar-refractivity contribution < 1.29 is 23.7 Å². The van der Waals surface area contributed by atoms with Crippen LogP contribution in [0.5, 0.6) is 17.2 Å². The lowest BCUT2D eigenvalue weighted by atomic mass is 9.96. The highest BCUT2D eigenvalue weighted by Gasteiger charge is 2.33. The van der Waals surface area contributed by atoms with Crippen molar-refractivity contribution in [2.24, 2.45) is 4.99 Å². The molecule has 0 fully saturated rings. The van der Waals surface area contributed by atoms with E-state index in [0.29, 0.717) is 53.5 Å². The van der Waals surface area contributed by atoms with Gasteiger partial charge in [0.05, 0.1) is 62.3 Å². The van der Waals surface area contributed by atoms with Gasteiger partial charge in [0, 0.05) is 5.56 Å². The Morgan fingerprint density at radius 2 is 1.91 bits per heavy atom. The van der Waals surface area contributed by atoms with Crippen LogP contribution in [0, 0.1) is 14.9 Å². The summed E-state index contributed by atoms with van der Waals surface area (Å²) in [5, 5.41) is 9.42. The molecule has 9 nitrogen and oxygen atoms in total. The van der Waals surface area contributed by atoms with E-state index in [1.165, 1.54) is 15.9 Å². The predicted octanol–water partition coefficient (Wildman–Crippen LogP) is 5.63.